The van der Waals surface area contributed by atoms with E-state index in [9.17, 15) is 9.59 Å². The number of ether oxygens (including phenoxy) is 1. The molecule has 1 saturated heterocycles. The fourth-order valence-corrected chi connectivity index (χ4v) is 2.54. The lowest BCUT2D eigenvalue weighted by atomic mass is 10.1. The molecule has 0 spiro atoms. The molecular weight excluding hydrogens is 282 g/mol. The summed E-state index contributed by atoms with van der Waals surface area (Å²) in [7, 11) is 1.54. The number of carboxylic acid groups (broad SMARTS) is 1. The van der Waals surface area contributed by atoms with E-state index in [2.05, 4.69) is 0 Å². The molecule has 108 valence electrons. The number of methoxy groups -OCH3 is 1. The fraction of sp³-hybridized carbons (Fsp3) is 0.429. The average Bonchev–Trinajstić information content (AvgIpc) is 2.89. The lowest BCUT2D eigenvalue weighted by Gasteiger charge is -2.17. The Balaban J connectivity index is 2.05. The normalized spacial score (nSPS) is 18.1. The van der Waals surface area contributed by atoms with E-state index in [0.29, 0.717) is 29.3 Å². The van der Waals surface area contributed by atoms with Crippen molar-refractivity contribution < 1.29 is 19.4 Å². The van der Waals surface area contributed by atoms with Gasteiger partial charge in [-0.2, -0.15) is 0 Å². The molecule has 0 unspecified atom stereocenters. The molecule has 0 radical (unpaired) electrons. The van der Waals surface area contributed by atoms with Crippen LogP contribution in [0, 0.1) is 5.92 Å². The first-order valence-electron chi connectivity index (χ1n) is 6.34. The standard InChI is InChI=1S/C14H16ClNO4/c1-20-12-3-2-11(15)6-10(12)7-13(17)16-5-4-9(8-16)14(18)19/h2-3,6,9H,4-5,7-8H2,1H3,(H,18,19)/t9-/m1/s1. The van der Waals surface area contributed by atoms with Crippen molar-refractivity contribution in [3.05, 3.63) is 28.8 Å². The van der Waals surface area contributed by atoms with Crippen LogP contribution in [0.3, 0.4) is 0 Å². The minimum absolute atomic E-state index is 0.102. The van der Waals surface area contributed by atoms with E-state index >= 15 is 0 Å². The zero-order valence-electron chi connectivity index (χ0n) is 11.1. The molecule has 6 heteroatoms. The molecule has 0 bridgehead atoms. The third-order valence-corrected chi connectivity index (χ3v) is 3.71. The third kappa shape index (κ3) is 3.22. The largest absolute Gasteiger partial charge is 0.496 e. The fourth-order valence-electron chi connectivity index (χ4n) is 2.35. The monoisotopic (exact) mass is 297 g/mol. The van der Waals surface area contributed by atoms with Crippen LogP contribution in [0.5, 0.6) is 5.75 Å². The number of carbonyl (C=O) groups is 2. The first kappa shape index (κ1) is 14.7. The van der Waals surface area contributed by atoms with Gasteiger partial charge in [0.15, 0.2) is 0 Å². The molecule has 1 fully saturated rings. The van der Waals surface area contributed by atoms with Crippen LogP contribution in [0.15, 0.2) is 18.2 Å². The summed E-state index contributed by atoms with van der Waals surface area (Å²) in [6, 6.07) is 5.11. The molecule has 1 aromatic carbocycles. The predicted molar refractivity (Wildman–Crippen MR) is 74.0 cm³/mol. The number of amides is 1. The number of nitrogens with zero attached hydrogens (tertiary/aromatic N) is 1. The van der Waals surface area contributed by atoms with Crippen LogP contribution in [0.4, 0.5) is 0 Å². The summed E-state index contributed by atoms with van der Waals surface area (Å²) in [6.45, 7) is 0.760. The summed E-state index contributed by atoms with van der Waals surface area (Å²) in [5, 5.41) is 9.49. The number of carboxylic acids is 1. The van der Waals surface area contributed by atoms with Crippen LogP contribution in [0.1, 0.15) is 12.0 Å². The average molecular weight is 298 g/mol. The van der Waals surface area contributed by atoms with Gasteiger partial charge in [-0.15, -0.1) is 0 Å². The van der Waals surface area contributed by atoms with Crippen LogP contribution in [0.25, 0.3) is 0 Å². The van der Waals surface area contributed by atoms with Crippen LogP contribution >= 0.6 is 11.6 Å². The lowest BCUT2D eigenvalue weighted by molar-refractivity contribution is -0.141. The van der Waals surface area contributed by atoms with Gasteiger partial charge in [-0.25, -0.2) is 0 Å². The summed E-state index contributed by atoms with van der Waals surface area (Å²) in [6.07, 6.45) is 0.670. The van der Waals surface area contributed by atoms with E-state index in [4.69, 9.17) is 21.4 Å². The number of rotatable bonds is 4. The van der Waals surface area contributed by atoms with Gasteiger partial charge in [0.2, 0.25) is 5.91 Å². The molecule has 1 aliphatic heterocycles. The number of benzene rings is 1. The Labute approximate surface area is 122 Å². The molecule has 1 heterocycles. The highest BCUT2D eigenvalue weighted by Gasteiger charge is 2.30. The maximum absolute atomic E-state index is 12.2. The van der Waals surface area contributed by atoms with E-state index in [1.54, 1.807) is 23.1 Å². The molecule has 0 aromatic heterocycles. The van der Waals surface area contributed by atoms with E-state index in [1.165, 1.54) is 7.11 Å². The molecular formula is C14H16ClNO4. The Hall–Kier alpha value is -1.75. The van der Waals surface area contributed by atoms with Crippen molar-refractivity contribution >= 4 is 23.5 Å². The molecule has 1 amide bonds. The van der Waals surface area contributed by atoms with Gasteiger partial charge in [0.25, 0.3) is 0 Å². The highest BCUT2D eigenvalue weighted by Crippen LogP contribution is 2.25. The van der Waals surface area contributed by atoms with Gasteiger partial charge in [0.05, 0.1) is 19.4 Å². The number of hydrogen-bond donors (Lipinski definition) is 1. The highest BCUT2D eigenvalue weighted by molar-refractivity contribution is 6.30. The minimum atomic E-state index is -0.847. The SMILES string of the molecule is COc1ccc(Cl)cc1CC(=O)N1CC[C@@H](C(=O)O)C1. The van der Waals surface area contributed by atoms with Crippen molar-refractivity contribution in [1.29, 1.82) is 0 Å². The molecule has 1 aliphatic rings. The lowest BCUT2D eigenvalue weighted by Crippen LogP contribution is -2.31. The minimum Gasteiger partial charge on any atom is -0.496 e. The van der Waals surface area contributed by atoms with Crippen molar-refractivity contribution in [2.75, 3.05) is 20.2 Å². The Bertz CT molecular complexity index is 532. The van der Waals surface area contributed by atoms with E-state index in [1.807, 2.05) is 0 Å². The third-order valence-electron chi connectivity index (χ3n) is 3.47. The van der Waals surface area contributed by atoms with E-state index in [-0.39, 0.29) is 18.9 Å². The van der Waals surface area contributed by atoms with Gasteiger partial charge in [0, 0.05) is 23.7 Å². The summed E-state index contributed by atoms with van der Waals surface area (Å²) >= 11 is 5.92. The van der Waals surface area contributed by atoms with Crippen molar-refractivity contribution in [1.82, 2.24) is 4.90 Å². The highest BCUT2D eigenvalue weighted by atomic mass is 35.5. The zero-order valence-corrected chi connectivity index (χ0v) is 11.9. The summed E-state index contributed by atoms with van der Waals surface area (Å²) in [5.41, 5.74) is 0.712. The molecule has 0 saturated carbocycles. The van der Waals surface area contributed by atoms with Gasteiger partial charge >= 0.3 is 5.97 Å². The number of hydrogen-bond acceptors (Lipinski definition) is 3. The van der Waals surface area contributed by atoms with Gasteiger partial charge in [0.1, 0.15) is 5.75 Å². The van der Waals surface area contributed by atoms with Crippen LogP contribution in [-0.2, 0) is 16.0 Å². The van der Waals surface area contributed by atoms with Crippen molar-refractivity contribution in [2.24, 2.45) is 5.92 Å². The zero-order chi connectivity index (χ0) is 14.7. The smallest absolute Gasteiger partial charge is 0.308 e. The molecule has 1 N–H and O–H groups in total. The van der Waals surface area contributed by atoms with Gasteiger partial charge in [-0.1, -0.05) is 11.6 Å². The molecule has 20 heavy (non-hydrogen) atoms. The topological polar surface area (TPSA) is 66.8 Å². The van der Waals surface area contributed by atoms with Crippen LogP contribution in [-0.4, -0.2) is 42.1 Å². The molecule has 1 atom stereocenters. The summed E-state index contributed by atoms with van der Waals surface area (Å²) in [5.74, 6) is -0.799. The second-order valence-corrected chi connectivity index (χ2v) is 5.23. The van der Waals surface area contributed by atoms with Crippen LogP contribution < -0.4 is 4.74 Å². The Morgan fingerprint density at radius 3 is 2.85 bits per heavy atom. The maximum Gasteiger partial charge on any atom is 0.308 e. The van der Waals surface area contributed by atoms with Crippen LogP contribution in [0.2, 0.25) is 5.02 Å². The number of likely N-dealkylation sites (tertiary alicyclic amines) is 1. The maximum atomic E-state index is 12.2. The molecule has 2 rings (SSSR count). The quantitative estimate of drug-likeness (QED) is 0.920. The van der Waals surface area contributed by atoms with E-state index in [0.717, 1.165) is 0 Å². The predicted octanol–water partition coefficient (Wildman–Crippen LogP) is 1.82. The van der Waals surface area contributed by atoms with Gasteiger partial charge in [-0.3, -0.25) is 9.59 Å². The van der Waals surface area contributed by atoms with Gasteiger partial charge in [-0.05, 0) is 24.6 Å². The van der Waals surface area contributed by atoms with Gasteiger partial charge < -0.3 is 14.7 Å². The Morgan fingerprint density at radius 2 is 2.25 bits per heavy atom. The van der Waals surface area contributed by atoms with Crippen molar-refractivity contribution in [3.63, 3.8) is 0 Å². The Morgan fingerprint density at radius 1 is 1.50 bits per heavy atom. The summed E-state index contributed by atoms with van der Waals surface area (Å²) in [4.78, 5) is 24.7. The molecule has 5 nitrogen and oxygen atoms in total. The van der Waals surface area contributed by atoms with Crippen molar-refractivity contribution in [3.8, 4) is 5.75 Å². The van der Waals surface area contributed by atoms with E-state index < -0.39 is 11.9 Å². The van der Waals surface area contributed by atoms with Crippen molar-refractivity contribution in [2.45, 2.75) is 12.8 Å². The number of aliphatic carboxylic acids is 1. The first-order chi connectivity index (χ1) is 9.51. The number of carbonyl (C=O) groups excluding carboxylic acids is 1. The molecule has 0 aliphatic carbocycles. The number of halogens is 1. The second-order valence-electron chi connectivity index (χ2n) is 4.80. The molecule has 1 aromatic rings. The first-order valence-corrected chi connectivity index (χ1v) is 6.72. The second kappa shape index (κ2) is 6.13. The summed E-state index contributed by atoms with van der Waals surface area (Å²) < 4.78 is 5.20. The Kier molecular flexibility index (Phi) is 4.49.